The molecular formula is C15H25ClN3O3S2+. The Balaban J connectivity index is 1.73. The predicted octanol–water partition coefficient (Wildman–Crippen LogP) is 0.506. The molecule has 3 N–H and O–H groups in total. The molecule has 1 saturated heterocycles. The van der Waals surface area contributed by atoms with Gasteiger partial charge in [0.15, 0.2) is 0 Å². The van der Waals surface area contributed by atoms with Crippen molar-refractivity contribution in [3.05, 3.63) is 21.3 Å². The van der Waals surface area contributed by atoms with Gasteiger partial charge in [0, 0.05) is 25.4 Å². The summed E-state index contributed by atoms with van der Waals surface area (Å²) in [5.74, 6) is -0.411. The third-order valence-electron chi connectivity index (χ3n) is 4.24. The summed E-state index contributed by atoms with van der Waals surface area (Å²) < 4.78 is 27.6. The van der Waals surface area contributed by atoms with Gasteiger partial charge in [0.25, 0.3) is 5.91 Å². The number of piperidine rings is 1. The Kier molecular flexibility index (Phi) is 7.06. The van der Waals surface area contributed by atoms with Crippen molar-refractivity contribution in [2.75, 3.05) is 25.4 Å². The second kappa shape index (κ2) is 8.62. The Morgan fingerprint density at radius 2 is 2.04 bits per heavy atom. The lowest BCUT2D eigenvalue weighted by Crippen LogP contribution is -3.16. The number of amides is 1. The number of hydrogen-bond donors (Lipinski definition) is 3. The van der Waals surface area contributed by atoms with Crippen LogP contribution >= 0.6 is 22.9 Å². The maximum absolute atomic E-state index is 12.1. The summed E-state index contributed by atoms with van der Waals surface area (Å²) in [5.41, 5.74) is 0. The van der Waals surface area contributed by atoms with Crippen molar-refractivity contribution >= 4 is 38.9 Å². The molecule has 0 aliphatic carbocycles. The van der Waals surface area contributed by atoms with Crippen LogP contribution in [-0.2, 0) is 10.0 Å². The van der Waals surface area contributed by atoms with Crippen LogP contribution in [0.25, 0.3) is 0 Å². The van der Waals surface area contributed by atoms with E-state index in [0.29, 0.717) is 15.3 Å². The number of halogens is 1. The molecule has 0 saturated carbocycles. The summed E-state index contributed by atoms with van der Waals surface area (Å²) >= 11 is 6.95. The number of quaternary nitrogens is 1. The Morgan fingerprint density at radius 3 is 2.58 bits per heavy atom. The summed E-state index contributed by atoms with van der Waals surface area (Å²) in [7, 11) is -3.39. The van der Waals surface area contributed by atoms with Crippen LogP contribution in [-0.4, -0.2) is 51.8 Å². The molecule has 2 rings (SSSR count). The SMILES string of the molecule is CC(C)[NH+]1CCC(NS(=O)(=O)CCNC(=O)c2ccc(Cl)s2)CC1. The third-order valence-corrected chi connectivity index (χ3v) is 6.91. The molecule has 0 unspecified atom stereocenters. The fraction of sp³-hybridized carbons (Fsp3) is 0.667. The van der Waals surface area contributed by atoms with Gasteiger partial charge in [0.1, 0.15) is 0 Å². The van der Waals surface area contributed by atoms with Crippen molar-refractivity contribution in [3.63, 3.8) is 0 Å². The smallest absolute Gasteiger partial charge is 0.261 e. The van der Waals surface area contributed by atoms with E-state index in [2.05, 4.69) is 23.9 Å². The molecule has 9 heteroatoms. The first-order valence-corrected chi connectivity index (χ1v) is 11.0. The average molecular weight is 395 g/mol. The summed E-state index contributed by atoms with van der Waals surface area (Å²) in [6.45, 7) is 6.42. The van der Waals surface area contributed by atoms with Gasteiger partial charge in [-0.2, -0.15) is 0 Å². The summed E-state index contributed by atoms with van der Waals surface area (Å²) in [5, 5.41) is 2.62. The molecule has 1 amide bonds. The molecule has 1 aliphatic rings. The molecular weight excluding hydrogens is 370 g/mol. The second-order valence-electron chi connectivity index (χ2n) is 6.38. The van der Waals surface area contributed by atoms with E-state index < -0.39 is 10.0 Å². The van der Waals surface area contributed by atoms with Gasteiger partial charge in [0.05, 0.1) is 34.1 Å². The number of sulfonamides is 1. The Bertz CT molecular complexity index is 653. The highest BCUT2D eigenvalue weighted by atomic mass is 35.5. The standard InChI is InChI=1S/C15H24ClN3O3S2/c1-11(2)19-8-5-12(6-9-19)18-24(21,22)10-7-17-15(20)13-3-4-14(16)23-13/h3-4,11-12,18H,5-10H2,1-2H3,(H,17,20)/p+1. The zero-order chi connectivity index (χ0) is 17.7. The highest BCUT2D eigenvalue weighted by Gasteiger charge is 2.26. The minimum absolute atomic E-state index is 0.00399. The lowest BCUT2D eigenvalue weighted by molar-refractivity contribution is -0.926. The number of carbonyl (C=O) groups excluding carboxylic acids is 1. The third kappa shape index (κ3) is 6.00. The zero-order valence-electron chi connectivity index (χ0n) is 14.0. The van der Waals surface area contributed by atoms with E-state index in [4.69, 9.17) is 11.6 Å². The predicted molar refractivity (Wildman–Crippen MR) is 97.4 cm³/mol. The highest BCUT2D eigenvalue weighted by molar-refractivity contribution is 7.89. The van der Waals surface area contributed by atoms with Crippen LogP contribution in [0.3, 0.4) is 0 Å². The number of hydrogen-bond acceptors (Lipinski definition) is 4. The van der Waals surface area contributed by atoms with Gasteiger partial charge >= 0.3 is 0 Å². The molecule has 1 aliphatic heterocycles. The lowest BCUT2D eigenvalue weighted by Gasteiger charge is -2.32. The average Bonchev–Trinajstić information content (AvgIpc) is 2.93. The van der Waals surface area contributed by atoms with E-state index in [9.17, 15) is 13.2 Å². The fourth-order valence-electron chi connectivity index (χ4n) is 2.82. The largest absolute Gasteiger partial charge is 0.350 e. The second-order valence-corrected chi connectivity index (χ2v) is 9.97. The minimum Gasteiger partial charge on any atom is -0.350 e. The van der Waals surface area contributed by atoms with Gasteiger partial charge in [-0.15, -0.1) is 11.3 Å². The van der Waals surface area contributed by atoms with E-state index in [1.807, 2.05) is 0 Å². The normalized spacial score (nSPS) is 21.8. The topological polar surface area (TPSA) is 79.7 Å². The number of nitrogens with one attached hydrogen (secondary N) is 3. The van der Waals surface area contributed by atoms with E-state index in [0.717, 1.165) is 25.9 Å². The van der Waals surface area contributed by atoms with Crippen LogP contribution in [0.1, 0.15) is 36.4 Å². The van der Waals surface area contributed by atoms with E-state index >= 15 is 0 Å². The molecule has 1 aromatic heterocycles. The van der Waals surface area contributed by atoms with Crippen LogP contribution in [0.4, 0.5) is 0 Å². The van der Waals surface area contributed by atoms with Crippen molar-refractivity contribution < 1.29 is 18.1 Å². The van der Waals surface area contributed by atoms with Gasteiger partial charge in [-0.1, -0.05) is 11.6 Å². The number of thiophene rings is 1. The monoisotopic (exact) mass is 394 g/mol. The maximum Gasteiger partial charge on any atom is 0.261 e. The van der Waals surface area contributed by atoms with Crippen LogP contribution < -0.4 is 14.9 Å². The van der Waals surface area contributed by atoms with Gasteiger partial charge in [-0.05, 0) is 26.0 Å². The highest BCUT2D eigenvalue weighted by Crippen LogP contribution is 2.20. The molecule has 1 aromatic rings. The first kappa shape index (κ1) is 19.7. The number of rotatable bonds is 7. The summed E-state index contributed by atoms with van der Waals surface area (Å²) in [4.78, 5) is 13.9. The molecule has 0 atom stereocenters. The van der Waals surface area contributed by atoms with Crippen molar-refractivity contribution in [3.8, 4) is 0 Å². The minimum atomic E-state index is -3.39. The lowest BCUT2D eigenvalue weighted by atomic mass is 10.1. The van der Waals surface area contributed by atoms with Crippen LogP contribution in [0.15, 0.2) is 12.1 Å². The van der Waals surface area contributed by atoms with Gasteiger partial charge in [-0.25, -0.2) is 13.1 Å². The molecule has 24 heavy (non-hydrogen) atoms. The first-order valence-electron chi connectivity index (χ1n) is 8.15. The summed E-state index contributed by atoms with van der Waals surface area (Å²) in [6.07, 6.45) is 1.71. The molecule has 0 aromatic carbocycles. The first-order chi connectivity index (χ1) is 11.3. The molecule has 1 fully saturated rings. The van der Waals surface area contributed by atoms with Crippen molar-refractivity contribution in [1.82, 2.24) is 10.0 Å². The Hall–Kier alpha value is -0.670. The molecule has 2 heterocycles. The van der Waals surface area contributed by atoms with Crippen molar-refractivity contribution in [2.24, 2.45) is 0 Å². The van der Waals surface area contributed by atoms with E-state index in [1.54, 1.807) is 12.1 Å². The molecule has 0 radical (unpaired) electrons. The zero-order valence-corrected chi connectivity index (χ0v) is 16.4. The van der Waals surface area contributed by atoms with Crippen molar-refractivity contribution in [1.29, 1.82) is 0 Å². The summed E-state index contributed by atoms with van der Waals surface area (Å²) in [6, 6.07) is 3.85. The quantitative estimate of drug-likeness (QED) is 0.630. The molecule has 6 nitrogen and oxygen atoms in total. The number of likely N-dealkylation sites (tertiary alicyclic amines) is 1. The molecule has 136 valence electrons. The number of carbonyl (C=O) groups is 1. The van der Waals surface area contributed by atoms with E-state index in [1.165, 1.54) is 16.2 Å². The van der Waals surface area contributed by atoms with Crippen LogP contribution in [0.2, 0.25) is 4.34 Å². The van der Waals surface area contributed by atoms with E-state index in [-0.39, 0.29) is 24.2 Å². The van der Waals surface area contributed by atoms with Crippen molar-refractivity contribution in [2.45, 2.75) is 38.8 Å². The molecule has 0 spiro atoms. The maximum atomic E-state index is 12.1. The van der Waals surface area contributed by atoms with Gasteiger partial charge < -0.3 is 10.2 Å². The molecule has 0 bridgehead atoms. The van der Waals surface area contributed by atoms with Crippen LogP contribution in [0.5, 0.6) is 0 Å². The fourth-order valence-corrected chi connectivity index (χ4v) is 5.01. The van der Waals surface area contributed by atoms with Gasteiger partial charge in [-0.3, -0.25) is 4.79 Å². The van der Waals surface area contributed by atoms with Crippen LogP contribution in [0, 0.1) is 0 Å². The Morgan fingerprint density at radius 1 is 1.38 bits per heavy atom. The van der Waals surface area contributed by atoms with Gasteiger partial charge in [0.2, 0.25) is 10.0 Å². The Labute approximate surface area is 152 Å².